The van der Waals surface area contributed by atoms with Crippen molar-refractivity contribution >= 4 is 36.0 Å². The Bertz CT molecular complexity index is 568. The summed E-state index contributed by atoms with van der Waals surface area (Å²) >= 11 is 0.308. The Morgan fingerprint density at radius 2 is 1.54 bits per heavy atom. The summed E-state index contributed by atoms with van der Waals surface area (Å²) in [6.45, 7) is 2.78. The average molecular weight is 395 g/mol. The Labute approximate surface area is 151 Å². The molecule has 0 radical (unpaired) electrons. The zero-order chi connectivity index (χ0) is 19.9. The molecule has 0 aromatic carbocycles. The zero-order valence-electron chi connectivity index (χ0n) is 14.0. The van der Waals surface area contributed by atoms with Crippen LogP contribution in [0.4, 0.5) is 4.79 Å². The lowest BCUT2D eigenvalue weighted by atomic mass is 9.99. The molecule has 0 aromatic rings. The summed E-state index contributed by atoms with van der Waals surface area (Å²) in [5.74, 6) is -2.31. The van der Waals surface area contributed by atoms with Crippen LogP contribution < -0.4 is 0 Å². The summed E-state index contributed by atoms with van der Waals surface area (Å²) in [6.07, 6.45) is -7.34. The van der Waals surface area contributed by atoms with Crippen LogP contribution in [0.5, 0.6) is 0 Å². The van der Waals surface area contributed by atoms with E-state index in [0.29, 0.717) is 11.9 Å². The van der Waals surface area contributed by atoms with E-state index in [1.54, 1.807) is 0 Å². The Morgan fingerprint density at radius 1 is 0.962 bits per heavy atom. The van der Waals surface area contributed by atoms with Crippen molar-refractivity contribution in [1.29, 1.82) is 0 Å². The predicted octanol–water partition coefficient (Wildman–Crippen LogP) is 0.616. The van der Waals surface area contributed by atoms with Gasteiger partial charge in [0.1, 0.15) is 12.7 Å². The molecule has 12 nitrogen and oxygen atoms in total. The molecule has 26 heavy (non-hydrogen) atoms. The predicted molar refractivity (Wildman–Crippen MR) is 82.7 cm³/mol. The second-order valence-corrected chi connectivity index (χ2v) is 5.85. The summed E-state index contributed by atoms with van der Waals surface area (Å²) < 4.78 is 27.6. The number of carboxylic acid groups (broad SMARTS) is 1. The maximum Gasteiger partial charge on any atom is 0.506 e. The van der Waals surface area contributed by atoms with Gasteiger partial charge < -0.3 is 28.8 Å². The van der Waals surface area contributed by atoms with Gasteiger partial charge in [-0.2, -0.15) is 0 Å². The lowest BCUT2D eigenvalue weighted by molar-refractivity contribution is -0.231. The van der Waals surface area contributed by atoms with Crippen LogP contribution >= 0.6 is 11.9 Å². The summed E-state index contributed by atoms with van der Waals surface area (Å²) in [6, 6.07) is 0. The van der Waals surface area contributed by atoms with Crippen molar-refractivity contribution in [2.75, 3.05) is 6.61 Å². The van der Waals surface area contributed by atoms with Crippen molar-refractivity contribution < 1.29 is 48.0 Å². The number of nitroso groups, excluding NO2 is 1. The monoisotopic (exact) mass is 395 g/mol. The highest BCUT2D eigenvalue weighted by atomic mass is 32.2. The number of carbonyl (C=O) groups is 4. The number of hydrogen-bond acceptors (Lipinski definition) is 12. The third-order valence-electron chi connectivity index (χ3n) is 3.03. The highest BCUT2D eigenvalue weighted by Crippen LogP contribution is 2.34. The molecule has 13 heteroatoms. The van der Waals surface area contributed by atoms with E-state index < -0.39 is 60.5 Å². The highest BCUT2D eigenvalue weighted by molar-refractivity contribution is 7.98. The lowest BCUT2D eigenvalue weighted by Gasteiger charge is -2.42. The van der Waals surface area contributed by atoms with Crippen molar-refractivity contribution in [2.45, 2.75) is 50.6 Å². The Hall–Kier alpha value is -2.41. The molecule has 0 amide bonds. The van der Waals surface area contributed by atoms with E-state index in [2.05, 4.69) is 4.58 Å². The van der Waals surface area contributed by atoms with Crippen LogP contribution in [0, 0.1) is 4.91 Å². The van der Waals surface area contributed by atoms with Crippen molar-refractivity contribution in [3.63, 3.8) is 0 Å². The van der Waals surface area contributed by atoms with E-state index in [1.807, 2.05) is 0 Å². The van der Waals surface area contributed by atoms with Gasteiger partial charge in [-0.3, -0.25) is 14.4 Å². The number of nitrogens with zero attached hydrogens (tertiary/aromatic N) is 1. The van der Waals surface area contributed by atoms with Gasteiger partial charge in [0.25, 0.3) is 0 Å². The van der Waals surface area contributed by atoms with Crippen molar-refractivity contribution in [3.05, 3.63) is 4.91 Å². The zero-order valence-corrected chi connectivity index (χ0v) is 14.8. The van der Waals surface area contributed by atoms with Crippen LogP contribution in [0.25, 0.3) is 0 Å². The first-order valence-corrected chi connectivity index (χ1v) is 8.00. The van der Waals surface area contributed by atoms with Gasteiger partial charge in [-0.05, 0) is 0 Å². The molecule has 1 fully saturated rings. The van der Waals surface area contributed by atoms with Crippen molar-refractivity contribution in [2.24, 2.45) is 4.58 Å². The quantitative estimate of drug-likeness (QED) is 0.277. The van der Waals surface area contributed by atoms with Crippen molar-refractivity contribution in [1.82, 2.24) is 0 Å². The van der Waals surface area contributed by atoms with Crippen LogP contribution in [0.1, 0.15) is 20.8 Å². The van der Waals surface area contributed by atoms with E-state index in [4.69, 9.17) is 28.8 Å². The first-order valence-electron chi connectivity index (χ1n) is 7.17. The molecule has 0 saturated carbocycles. The molecular formula is C13H17NO11S. The maximum absolute atomic E-state index is 11.4. The molecule has 1 rings (SSSR count). The second-order valence-electron chi connectivity index (χ2n) is 5.02. The van der Waals surface area contributed by atoms with Crippen LogP contribution in [0.3, 0.4) is 0 Å². The van der Waals surface area contributed by atoms with E-state index in [0.717, 1.165) is 20.8 Å². The Kier molecular flexibility index (Phi) is 8.25. The first-order chi connectivity index (χ1) is 12.1. The fraction of sp³-hybridized carbons (Fsp3) is 0.692. The van der Waals surface area contributed by atoms with Gasteiger partial charge in [0, 0.05) is 25.4 Å². The van der Waals surface area contributed by atoms with Crippen LogP contribution in [-0.4, -0.2) is 65.6 Å². The standard InChI is InChI=1S/C13H17NO11S/c1-5(15)21-4-8-9(22-6(2)16)10(25-13(18)19)11(23-7(3)17)12(24-8)26-14-20/h8-12H,4H2,1-3H3,(H,18,19)/t8-,9-,10+,11-,12+/m1/s1. The topological polar surface area (TPSA) is 164 Å². The fourth-order valence-corrected chi connectivity index (χ4v) is 2.85. The molecule has 1 aliphatic heterocycles. The smallest absolute Gasteiger partial charge is 0.463 e. The summed E-state index contributed by atoms with van der Waals surface area (Å²) in [5.41, 5.74) is -1.28. The van der Waals surface area contributed by atoms with Gasteiger partial charge in [0.05, 0.1) is 11.9 Å². The third-order valence-corrected chi connectivity index (χ3v) is 3.70. The van der Waals surface area contributed by atoms with Crippen LogP contribution in [0.15, 0.2) is 4.58 Å². The molecule has 1 saturated heterocycles. The number of carbonyl (C=O) groups excluding carboxylic acids is 3. The second kappa shape index (κ2) is 9.91. The minimum Gasteiger partial charge on any atom is -0.463 e. The summed E-state index contributed by atoms with van der Waals surface area (Å²) in [4.78, 5) is 55.4. The minimum absolute atomic E-state index is 0.308. The van der Waals surface area contributed by atoms with Gasteiger partial charge in [-0.25, -0.2) is 4.79 Å². The molecule has 0 aliphatic carbocycles. The van der Waals surface area contributed by atoms with Crippen molar-refractivity contribution in [3.8, 4) is 0 Å². The minimum atomic E-state index is -1.75. The Morgan fingerprint density at radius 3 is 2.00 bits per heavy atom. The Balaban J connectivity index is 3.24. The van der Waals surface area contributed by atoms with E-state index in [-0.39, 0.29) is 0 Å². The number of ether oxygens (including phenoxy) is 5. The van der Waals surface area contributed by atoms with Crippen LogP contribution in [-0.2, 0) is 38.1 Å². The SMILES string of the molecule is CC(=O)OC[C@H]1O[C@@H](SN=O)[C@H](OC(C)=O)[C@@H](OC(=O)O)[C@@H]1OC(C)=O. The molecule has 0 bridgehead atoms. The maximum atomic E-state index is 11.4. The summed E-state index contributed by atoms with van der Waals surface area (Å²) in [7, 11) is 0. The van der Waals surface area contributed by atoms with Gasteiger partial charge in [0.15, 0.2) is 23.7 Å². The molecule has 0 aromatic heterocycles. The molecule has 1 aliphatic rings. The van der Waals surface area contributed by atoms with Gasteiger partial charge in [-0.15, -0.1) is 4.91 Å². The molecule has 0 spiro atoms. The van der Waals surface area contributed by atoms with Crippen LogP contribution in [0.2, 0.25) is 0 Å². The molecule has 0 unspecified atom stereocenters. The molecule has 1 N–H and O–H groups in total. The lowest BCUT2D eigenvalue weighted by Crippen LogP contribution is -2.61. The number of hydrogen-bond donors (Lipinski definition) is 1. The molecule has 1 heterocycles. The summed E-state index contributed by atoms with van der Waals surface area (Å²) in [5, 5.41) is 8.97. The third kappa shape index (κ3) is 6.48. The van der Waals surface area contributed by atoms with Gasteiger partial charge >= 0.3 is 24.1 Å². The van der Waals surface area contributed by atoms with Gasteiger partial charge in [-0.1, -0.05) is 0 Å². The fourth-order valence-electron chi connectivity index (χ4n) is 2.24. The van der Waals surface area contributed by atoms with E-state index >= 15 is 0 Å². The largest absolute Gasteiger partial charge is 0.506 e. The molecule has 146 valence electrons. The van der Waals surface area contributed by atoms with E-state index in [9.17, 15) is 24.1 Å². The highest BCUT2D eigenvalue weighted by Gasteiger charge is 2.53. The first kappa shape index (κ1) is 21.6. The normalized spacial score (nSPS) is 27.7. The average Bonchev–Trinajstić information content (AvgIpc) is 2.50. The molecule has 5 atom stereocenters. The van der Waals surface area contributed by atoms with Gasteiger partial charge in [0.2, 0.25) is 0 Å². The number of esters is 3. The molecular weight excluding hydrogens is 378 g/mol. The van der Waals surface area contributed by atoms with E-state index in [1.165, 1.54) is 0 Å². The number of rotatable bonds is 7.